The Balaban J connectivity index is 1.52. The van der Waals surface area contributed by atoms with Crippen molar-refractivity contribution >= 4 is 23.0 Å². The van der Waals surface area contributed by atoms with Crippen LogP contribution in [0.15, 0.2) is 24.3 Å². The fourth-order valence-corrected chi connectivity index (χ4v) is 3.19. The number of nitrogens with zero attached hydrogens (tertiary/aromatic N) is 3. The van der Waals surface area contributed by atoms with Crippen LogP contribution in [0.1, 0.15) is 18.7 Å². The normalized spacial score (nSPS) is 15.6. The lowest BCUT2D eigenvalue weighted by Crippen LogP contribution is -2.46. The van der Waals surface area contributed by atoms with Crippen LogP contribution >= 0.6 is 0 Å². The molecule has 128 valence electrons. The third-order valence-electron chi connectivity index (χ3n) is 4.59. The smallest absolute Gasteiger partial charge is 0.317 e. The number of aliphatic carboxylic acids is 1. The van der Waals surface area contributed by atoms with Gasteiger partial charge in [-0.05, 0) is 31.9 Å². The summed E-state index contributed by atoms with van der Waals surface area (Å²) in [6.07, 6.45) is 1.04. The Hall–Kier alpha value is -2.57. The van der Waals surface area contributed by atoms with Crippen molar-refractivity contribution < 1.29 is 14.7 Å². The number of carbonyl (C=O) groups is 2. The Bertz CT molecular complexity index is 747. The second kappa shape index (κ2) is 6.90. The Morgan fingerprint density at radius 3 is 2.71 bits per heavy atom. The van der Waals surface area contributed by atoms with Gasteiger partial charge in [-0.1, -0.05) is 12.1 Å². The van der Waals surface area contributed by atoms with Crippen molar-refractivity contribution in [3.8, 4) is 0 Å². The number of piperidine rings is 1. The number of carboxylic acids is 1. The van der Waals surface area contributed by atoms with E-state index in [1.807, 2.05) is 31.2 Å². The Morgan fingerprint density at radius 1 is 1.29 bits per heavy atom. The predicted molar refractivity (Wildman–Crippen MR) is 89.8 cm³/mol. The number of para-hydroxylation sites is 2. The number of aryl methyl sites for hydroxylation is 1. The van der Waals surface area contributed by atoms with Crippen LogP contribution in [0.25, 0.3) is 11.0 Å². The Kier molecular flexibility index (Phi) is 4.69. The van der Waals surface area contributed by atoms with Crippen LogP contribution in [0.4, 0.5) is 4.79 Å². The first-order valence-corrected chi connectivity index (χ1v) is 8.23. The number of amides is 2. The van der Waals surface area contributed by atoms with Crippen molar-refractivity contribution in [1.82, 2.24) is 19.8 Å². The van der Waals surface area contributed by atoms with Gasteiger partial charge in [0.1, 0.15) is 5.82 Å². The second-order valence-electron chi connectivity index (χ2n) is 6.13. The minimum absolute atomic E-state index is 0.124. The molecule has 7 heteroatoms. The van der Waals surface area contributed by atoms with E-state index in [0.29, 0.717) is 39.0 Å². The molecule has 0 bridgehead atoms. The van der Waals surface area contributed by atoms with Gasteiger partial charge in [-0.3, -0.25) is 4.79 Å². The van der Waals surface area contributed by atoms with Crippen molar-refractivity contribution in [1.29, 1.82) is 0 Å². The molecule has 1 aromatic carbocycles. The molecule has 1 fully saturated rings. The largest absolute Gasteiger partial charge is 0.481 e. The monoisotopic (exact) mass is 330 g/mol. The highest BCUT2D eigenvalue weighted by Crippen LogP contribution is 2.17. The summed E-state index contributed by atoms with van der Waals surface area (Å²) in [6.45, 7) is 4.12. The molecule has 1 aliphatic rings. The van der Waals surface area contributed by atoms with Gasteiger partial charge in [0, 0.05) is 26.2 Å². The van der Waals surface area contributed by atoms with Gasteiger partial charge in [0.05, 0.1) is 17.0 Å². The van der Waals surface area contributed by atoms with Gasteiger partial charge >= 0.3 is 12.0 Å². The van der Waals surface area contributed by atoms with E-state index in [4.69, 9.17) is 5.11 Å². The molecule has 2 N–H and O–H groups in total. The highest BCUT2D eigenvalue weighted by atomic mass is 16.4. The number of carboxylic acid groups (broad SMARTS) is 1. The number of imidazole rings is 1. The van der Waals surface area contributed by atoms with Crippen molar-refractivity contribution in [2.45, 2.75) is 26.3 Å². The first-order valence-electron chi connectivity index (χ1n) is 8.23. The minimum atomic E-state index is -0.766. The predicted octanol–water partition coefficient (Wildman–Crippen LogP) is 1.85. The molecule has 1 saturated heterocycles. The van der Waals surface area contributed by atoms with E-state index < -0.39 is 5.97 Å². The van der Waals surface area contributed by atoms with Crippen molar-refractivity contribution in [3.63, 3.8) is 0 Å². The van der Waals surface area contributed by atoms with E-state index in [9.17, 15) is 9.59 Å². The Morgan fingerprint density at radius 2 is 2.00 bits per heavy atom. The van der Waals surface area contributed by atoms with E-state index in [1.165, 1.54) is 0 Å². The third-order valence-corrected chi connectivity index (χ3v) is 4.59. The number of aromatic nitrogens is 2. The molecule has 7 nitrogen and oxygen atoms in total. The first kappa shape index (κ1) is 16.3. The molecular weight excluding hydrogens is 308 g/mol. The van der Waals surface area contributed by atoms with Crippen LogP contribution < -0.4 is 5.32 Å². The van der Waals surface area contributed by atoms with Crippen molar-refractivity contribution in [2.75, 3.05) is 19.6 Å². The number of likely N-dealkylation sites (tertiary alicyclic amines) is 1. The number of carbonyl (C=O) groups excluding carboxylic acids is 1. The summed E-state index contributed by atoms with van der Waals surface area (Å²) in [5, 5.41) is 11.9. The molecule has 0 unspecified atom stereocenters. The van der Waals surface area contributed by atoms with Crippen LogP contribution in [-0.4, -0.2) is 51.2 Å². The van der Waals surface area contributed by atoms with Crippen molar-refractivity contribution in [2.24, 2.45) is 5.92 Å². The molecule has 2 aromatic rings. The quantitative estimate of drug-likeness (QED) is 0.895. The van der Waals surface area contributed by atoms with E-state index >= 15 is 0 Å². The summed E-state index contributed by atoms with van der Waals surface area (Å²) in [7, 11) is 0. The zero-order chi connectivity index (χ0) is 17.1. The van der Waals surface area contributed by atoms with Gasteiger partial charge < -0.3 is 19.9 Å². The molecule has 3 rings (SSSR count). The van der Waals surface area contributed by atoms with Crippen molar-refractivity contribution in [3.05, 3.63) is 30.1 Å². The molecule has 1 aliphatic heterocycles. The average molecular weight is 330 g/mol. The van der Waals surface area contributed by atoms with Crippen LogP contribution in [0.3, 0.4) is 0 Å². The molecule has 0 spiro atoms. The van der Waals surface area contributed by atoms with E-state index in [-0.39, 0.29) is 11.9 Å². The lowest BCUT2D eigenvalue weighted by atomic mass is 9.97. The molecular formula is C17H22N4O3. The number of urea groups is 1. The third kappa shape index (κ3) is 3.34. The number of hydrogen-bond acceptors (Lipinski definition) is 3. The van der Waals surface area contributed by atoms with Crippen LogP contribution in [0.5, 0.6) is 0 Å². The maximum absolute atomic E-state index is 12.2. The number of nitrogens with one attached hydrogen (secondary N) is 1. The molecule has 0 atom stereocenters. The molecule has 0 aliphatic carbocycles. The molecule has 24 heavy (non-hydrogen) atoms. The molecule has 0 radical (unpaired) electrons. The fraction of sp³-hybridized carbons (Fsp3) is 0.471. The van der Waals surface area contributed by atoms with Crippen LogP contribution in [-0.2, 0) is 11.3 Å². The number of hydrogen-bond donors (Lipinski definition) is 2. The zero-order valence-electron chi connectivity index (χ0n) is 13.7. The summed E-state index contributed by atoms with van der Waals surface area (Å²) >= 11 is 0. The zero-order valence-corrected chi connectivity index (χ0v) is 13.7. The lowest BCUT2D eigenvalue weighted by Gasteiger charge is -2.30. The molecule has 2 amide bonds. The van der Waals surface area contributed by atoms with E-state index in [1.54, 1.807) is 4.90 Å². The summed E-state index contributed by atoms with van der Waals surface area (Å²) in [5.41, 5.74) is 2.02. The van der Waals surface area contributed by atoms with Crippen LogP contribution in [0, 0.1) is 12.8 Å². The highest BCUT2D eigenvalue weighted by molar-refractivity contribution is 5.76. The summed E-state index contributed by atoms with van der Waals surface area (Å²) in [6, 6.07) is 7.81. The molecule has 0 saturated carbocycles. The lowest BCUT2D eigenvalue weighted by molar-refractivity contribution is -0.143. The average Bonchev–Trinajstić information content (AvgIpc) is 2.90. The Labute approximate surface area is 140 Å². The molecule has 1 aromatic heterocycles. The van der Waals surface area contributed by atoms with E-state index in [2.05, 4.69) is 14.9 Å². The van der Waals surface area contributed by atoms with Gasteiger partial charge in [-0.25, -0.2) is 9.78 Å². The minimum Gasteiger partial charge on any atom is -0.481 e. The SMILES string of the molecule is Cc1nc2ccccc2n1CCNC(=O)N1CCC(C(=O)O)CC1. The summed E-state index contributed by atoms with van der Waals surface area (Å²) in [5.74, 6) is -0.167. The maximum Gasteiger partial charge on any atom is 0.317 e. The first-order chi connectivity index (χ1) is 11.6. The van der Waals surface area contributed by atoms with Gasteiger partial charge in [-0.15, -0.1) is 0 Å². The van der Waals surface area contributed by atoms with E-state index in [0.717, 1.165) is 16.9 Å². The summed E-state index contributed by atoms with van der Waals surface area (Å²) < 4.78 is 2.09. The van der Waals surface area contributed by atoms with Gasteiger partial charge in [0.15, 0.2) is 0 Å². The summed E-state index contributed by atoms with van der Waals surface area (Å²) in [4.78, 5) is 29.3. The number of fused-ring (bicyclic) bond motifs is 1. The number of rotatable bonds is 4. The highest BCUT2D eigenvalue weighted by Gasteiger charge is 2.26. The topological polar surface area (TPSA) is 87.5 Å². The fourth-order valence-electron chi connectivity index (χ4n) is 3.19. The standard InChI is InChI=1S/C17H22N4O3/c1-12-19-14-4-2-3-5-15(14)21(12)11-8-18-17(24)20-9-6-13(7-10-20)16(22)23/h2-5,13H,6-11H2,1H3,(H,18,24)(H,22,23). The van der Waals surface area contributed by atoms with Gasteiger partial charge in [-0.2, -0.15) is 0 Å². The van der Waals surface area contributed by atoms with Gasteiger partial charge in [0.2, 0.25) is 0 Å². The molecule has 2 heterocycles. The maximum atomic E-state index is 12.2. The van der Waals surface area contributed by atoms with Gasteiger partial charge in [0.25, 0.3) is 0 Å². The van der Waals surface area contributed by atoms with Crippen LogP contribution in [0.2, 0.25) is 0 Å². The second-order valence-corrected chi connectivity index (χ2v) is 6.13. The number of benzene rings is 1.